The van der Waals surface area contributed by atoms with Gasteiger partial charge in [0.05, 0.1) is 17.8 Å². The Labute approximate surface area is 129 Å². The zero-order valence-electron chi connectivity index (χ0n) is 11.8. The molecular weight excluding hydrogens is 299 g/mol. The number of rotatable bonds is 5. The maximum absolute atomic E-state index is 13.3. The molecule has 1 amide bonds. The molecule has 0 bridgehead atoms. The van der Waals surface area contributed by atoms with Gasteiger partial charge in [0.15, 0.2) is 0 Å². The van der Waals surface area contributed by atoms with Crippen LogP contribution in [0.2, 0.25) is 0 Å². The summed E-state index contributed by atoms with van der Waals surface area (Å²) in [7, 11) is 0. The Kier molecular flexibility index (Phi) is 6.87. The first-order valence-electron chi connectivity index (χ1n) is 6.66. The van der Waals surface area contributed by atoms with Gasteiger partial charge in [0.1, 0.15) is 18.2 Å². The molecule has 2 rings (SSSR count). The Bertz CT molecular complexity index is 479. The first-order valence-corrected chi connectivity index (χ1v) is 6.66. The van der Waals surface area contributed by atoms with E-state index in [-0.39, 0.29) is 24.2 Å². The van der Waals surface area contributed by atoms with Gasteiger partial charge < -0.3 is 20.5 Å². The Morgan fingerprint density at radius 1 is 1.62 bits per heavy atom. The van der Waals surface area contributed by atoms with Gasteiger partial charge in [-0.05, 0) is 31.9 Å². The van der Waals surface area contributed by atoms with Crippen LogP contribution in [-0.2, 0) is 9.53 Å². The minimum absolute atomic E-state index is 0. The van der Waals surface area contributed by atoms with Crippen molar-refractivity contribution in [1.82, 2.24) is 0 Å². The van der Waals surface area contributed by atoms with Gasteiger partial charge in [-0.2, -0.15) is 0 Å². The SMILES string of the molecule is C[C@H](N)C(=O)Nc1cc(F)ccc1OCC1CCCO1.Cl. The lowest BCUT2D eigenvalue weighted by Gasteiger charge is -2.16. The number of ether oxygens (including phenoxy) is 2. The monoisotopic (exact) mass is 318 g/mol. The second-order valence-corrected chi connectivity index (χ2v) is 4.86. The van der Waals surface area contributed by atoms with Crippen LogP contribution >= 0.6 is 12.4 Å². The van der Waals surface area contributed by atoms with Crippen LogP contribution in [0.5, 0.6) is 5.75 Å². The van der Waals surface area contributed by atoms with Crippen LogP contribution < -0.4 is 15.8 Å². The molecule has 0 spiro atoms. The highest BCUT2D eigenvalue weighted by Crippen LogP contribution is 2.26. The molecule has 1 fully saturated rings. The van der Waals surface area contributed by atoms with Crippen molar-refractivity contribution in [3.63, 3.8) is 0 Å². The van der Waals surface area contributed by atoms with Crippen LogP contribution in [0.25, 0.3) is 0 Å². The highest BCUT2D eigenvalue weighted by atomic mass is 35.5. The van der Waals surface area contributed by atoms with Crippen molar-refractivity contribution in [3.8, 4) is 5.75 Å². The van der Waals surface area contributed by atoms with Crippen molar-refractivity contribution in [2.75, 3.05) is 18.5 Å². The van der Waals surface area contributed by atoms with E-state index in [1.807, 2.05) is 0 Å². The maximum Gasteiger partial charge on any atom is 0.241 e. The molecule has 118 valence electrons. The normalized spacial score (nSPS) is 18.7. The standard InChI is InChI=1S/C14H19FN2O3.ClH/c1-9(16)14(18)17-12-7-10(15)4-5-13(12)20-8-11-3-2-6-19-11;/h4-5,7,9,11H,2-3,6,8,16H2,1H3,(H,17,18);1H/t9-,11?;/m0./s1. The van der Waals surface area contributed by atoms with E-state index in [1.165, 1.54) is 18.2 Å². The Morgan fingerprint density at radius 3 is 3.00 bits per heavy atom. The first kappa shape index (κ1) is 17.7. The van der Waals surface area contributed by atoms with Gasteiger partial charge in [-0.1, -0.05) is 0 Å². The summed E-state index contributed by atoms with van der Waals surface area (Å²) in [5.41, 5.74) is 5.76. The second kappa shape index (κ2) is 8.17. The minimum atomic E-state index is -0.677. The third kappa shape index (κ3) is 5.15. The summed E-state index contributed by atoms with van der Waals surface area (Å²) in [5, 5.41) is 2.56. The predicted octanol–water partition coefficient (Wildman–Crippen LogP) is 2.09. The number of hydrogen-bond donors (Lipinski definition) is 2. The average molecular weight is 319 g/mol. The summed E-state index contributed by atoms with van der Waals surface area (Å²) in [4.78, 5) is 11.6. The molecule has 2 atom stereocenters. The second-order valence-electron chi connectivity index (χ2n) is 4.86. The van der Waals surface area contributed by atoms with Crippen LogP contribution in [0.1, 0.15) is 19.8 Å². The molecule has 1 aromatic rings. The molecule has 0 aromatic heterocycles. The lowest BCUT2D eigenvalue weighted by molar-refractivity contribution is -0.117. The molecule has 1 aliphatic rings. The van der Waals surface area contributed by atoms with Crippen LogP contribution in [0, 0.1) is 5.82 Å². The van der Waals surface area contributed by atoms with E-state index in [4.69, 9.17) is 15.2 Å². The molecule has 0 radical (unpaired) electrons. The highest BCUT2D eigenvalue weighted by molar-refractivity contribution is 5.95. The van der Waals surface area contributed by atoms with Gasteiger partial charge in [-0.25, -0.2) is 4.39 Å². The van der Waals surface area contributed by atoms with Gasteiger partial charge >= 0.3 is 0 Å². The quantitative estimate of drug-likeness (QED) is 0.872. The molecule has 5 nitrogen and oxygen atoms in total. The highest BCUT2D eigenvalue weighted by Gasteiger charge is 2.18. The fourth-order valence-electron chi connectivity index (χ4n) is 1.93. The van der Waals surface area contributed by atoms with Crippen molar-refractivity contribution in [2.45, 2.75) is 31.9 Å². The molecule has 0 aliphatic carbocycles. The zero-order chi connectivity index (χ0) is 14.5. The molecule has 1 aromatic carbocycles. The lowest BCUT2D eigenvalue weighted by atomic mass is 10.2. The molecule has 1 unspecified atom stereocenters. The smallest absolute Gasteiger partial charge is 0.241 e. The van der Waals surface area contributed by atoms with Crippen molar-refractivity contribution in [2.24, 2.45) is 5.73 Å². The van der Waals surface area contributed by atoms with Crippen molar-refractivity contribution in [1.29, 1.82) is 0 Å². The fraction of sp³-hybridized carbons (Fsp3) is 0.500. The van der Waals surface area contributed by atoms with Crippen LogP contribution in [0.4, 0.5) is 10.1 Å². The van der Waals surface area contributed by atoms with E-state index < -0.39 is 17.8 Å². The fourth-order valence-corrected chi connectivity index (χ4v) is 1.93. The number of carbonyl (C=O) groups is 1. The van der Waals surface area contributed by atoms with Gasteiger partial charge in [-0.3, -0.25) is 4.79 Å². The Morgan fingerprint density at radius 2 is 2.38 bits per heavy atom. The first-order chi connectivity index (χ1) is 9.56. The minimum Gasteiger partial charge on any atom is -0.489 e. The lowest BCUT2D eigenvalue weighted by Crippen LogP contribution is -2.32. The average Bonchev–Trinajstić information content (AvgIpc) is 2.90. The van der Waals surface area contributed by atoms with Gasteiger partial charge in [0.2, 0.25) is 5.91 Å². The molecule has 0 saturated carbocycles. The molecule has 3 N–H and O–H groups in total. The third-order valence-electron chi connectivity index (χ3n) is 3.06. The van der Waals surface area contributed by atoms with Gasteiger partial charge in [-0.15, -0.1) is 12.4 Å². The van der Waals surface area contributed by atoms with Crippen molar-refractivity contribution < 1.29 is 18.7 Å². The number of halogens is 2. The van der Waals surface area contributed by atoms with E-state index >= 15 is 0 Å². The summed E-state index contributed by atoms with van der Waals surface area (Å²) in [6.07, 6.45) is 2.02. The summed E-state index contributed by atoms with van der Waals surface area (Å²) < 4.78 is 24.3. The van der Waals surface area contributed by atoms with Crippen molar-refractivity contribution in [3.05, 3.63) is 24.0 Å². The number of amides is 1. The van der Waals surface area contributed by atoms with E-state index in [1.54, 1.807) is 6.92 Å². The molecule has 1 heterocycles. The molecule has 1 saturated heterocycles. The summed E-state index contributed by atoms with van der Waals surface area (Å²) in [6, 6.07) is 3.31. The maximum atomic E-state index is 13.3. The molecular formula is C14H20ClFN2O3. The van der Waals surface area contributed by atoms with E-state index in [0.29, 0.717) is 12.4 Å². The third-order valence-corrected chi connectivity index (χ3v) is 3.06. The van der Waals surface area contributed by atoms with Crippen LogP contribution in [-0.4, -0.2) is 31.3 Å². The topological polar surface area (TPSA) is 73.6 Å². The van der Waals surface area contributed by atoms with E-state index in [2.05, 4.69) is 5.32 Å². The molecule has 1 aliphatic heterocycles. The Hall–Kier alpha value is -1.37. The van der Waals surface area contributed by atoms with Gasteiger partial charge in [0, 0.05) is 12.7 Å². The number of hydrogen-bond acceptors (Lipinski definition) is 4. The Balaban J connectivity index is 0.00000220. The number of nitrogens with one attached hydrogen (secondary N) is 1. The van der Waals surface area contributed by atoms with E-state index in [0.717, 1.165) is 19.4 Å². The largest absolute Gasteiger partial charge is 0.489 e. The number of nitrogens with two attached hydrogens (primary N) is 1. The predicted molar refractivity (Wildman–Crippen MR) is 80.4 cm³/mol. The number of benzene rings is 1. The van der Waals surface area contributed by atoms with E-state index in [9.17, 15) is 9.18 Å². The van der Waals surface area contributed by atoms with Crippen LogP contribution in [0.15, 0.2) is 18.2 Å². The molecule has 21 heavy (non-hydrogen) atoms. The summed E-state index contributed by atoms with van der Waals surface area (Å²) in [5.74, 6) is -0.428. The molecule has 7 heteroatoms. The summed E-state index contributed by atoms with van der Waals surface area (Å²) >= 11 is 0. The number of anilines is 1. The van der Waals surface area contributed by atoms with Crippen molar-refractivity contribution >= 4 is 24.0 Å². The summed E-state index contributed by atoms with van der Waals surface area (Å²) in [6.45, 7) is 2.68. The van der Waals surface area contributed by atoms with Gasteiger partial charge in [0.25, 0.3) is 0 Å². The number of carbonyl (C=O) groups excluding carboxylic acids is 1. The zero-order valence-corrected chi connectivity index (χ0v) is 12.6. The van der Waals surface area contributed by atoms with Crippen LogP contribution in [0.3, 0.4) is 0 Å².